The SMILES string of the molecule is CC(NCC(=O)Nc1cccc(C(N)=O)c1)c1ccccc1. The van der Waals surface area contributed by atoms with Gasteiger partial charge in [-0.15, -0.1) is 0 Å². The minimum Gasteiger partial charge on any atom is -0.366 e. The van der Waals surface area contributed by atoms with E-state index in [1.54, 1.807) is 24.3 Å². The van der Waals surface area contributed by atoms with E-state index >= 15 is 0 Å². The van der Waals surface area contributed by atoms with Crippen LogP contribution in [-0.2, 0) is 4.79 Å². The highest BCUT2D eigenvalue weighted by atomic mass is 16.2. The normalized spacial score (nSPS) is 11.7. The molecule has 22 heavy (non-hydrogen) atoms. The molecule has 4 N–H and O–H groups in total. The highest BCUT2D eigenvalue weighted by molar-refractivity contribution is 5.96. The molecule has 2 aromatic rings. The predicted octanol–water partition coefficient (Wildman–Crippen LogP) is 2.07. The molecule has 2 rings (SSSR count). The maximum absolute atomic E-state index is 11.9. The van der Waals surface area contributed by atoms with E-state index in [4.69, 9.17) is 5.73 Å². The molecule has 1 unspecified atom stereocenters. The molecule has 0 radical (unpaired) electrons. The van der Waals surface area contributed by atoms with Crippen molar-refractivity contribution in [1.29, 1.82) is 0 Å². The Balaban J connectivity index is 1.88. The summed E-state index contributed by atoms with van der Waals surface area (Å²) in [7, 11) is 0. The lowest BCUT2D eigenvalue weighted by atomic mass is 10.1. The van der Waals surface area contributed by atoms with Gasteiger partial charge in [-0.05, 0) is 30.7 Å². The summed E-state index contributed by atoms with van der Waals surface area (Å²) in [6.07, 6.45) is 0. The molecule has 0 saturated heterocycles. The highest BCUT2D eigenvalue weighted by Gasteiger charge is 2.08. The van der Waals surface area contributed by atoms with Crippen LogP contribution in [0.3, 0.4) is 0 Å². The van der Waals surface area contributed by atoms with Gasteiger partial charge < -0.3 is 16.4 Å². The van der Waals surface area contributed by atoms with Crippen molar-refractivity contribution in [1.82, 2.24) is 5.32 Å². The monoisotopic (exact) mass is 297 g/mol. The minimum absolute atomic E-state index is 0.0731. The number of hydrogen-bond acceptors (Lipinski definition) is 3. The van der Waals surface area contributed by atoms with Crippen molar-refractivity contribution in [2.45, 2.75) is 13.0 Å². The minimum atomic E-state index is -0.521. The predicted molar refractivity (Wildman–Crippen MR) is 86.4 cm³/mol. The lowest BCUT2D eigenvalue weighted by molar-refractivity contribution is -0.115. The molecule has 0 saturated carbocycles. The van der Waals surface area contributed by atoms with Crippen LogP contribution in [0.15, 0.2) is 54.6 Å². The topological polar surface area (TPSA) is 84.2 Å². The van der Waals surface area contributed by atoms with E-state index < -0.39 is 5.91 Å². The first kappa shape index (κ1) is 15.7. The fourth-order valence-electron chi connectivity index (χ4n) is 2.06. The van der Waals surface area contributed by atoms with Crippen molar-refractivity contribution in [3.8, 4) is 0 Å². The molecular weight excluding hydrogens is 278 g/mol. The number of nitrogens with one attached hydrogen (secondary N) is 2. The second-order valence-electron chi connectivity index (χ2n) is 5.01. The number of rotatable bonds is 6. The number of anilines is 1. The van der Waals surface area contributed by atoms with Crippen molar-refractivity contribution >= 4 is 17.5 Å². The Hall–Kier alpha value is -2.66. The molecule has 2 amide bonds. The molecular formula is C17H19N3O2. The summed E-state index contributed by atoms with van der Waals surface area (Å²) in [5.74, 6) is -0.698. The molecule has 0 heterocycles. The highest BCUT2D eigenvalue weighted by Crippen LogP contribution is 2.12. The molecule has 0 aliphatic carbocycles. The molecule has 0 aliphatic rings. The van der Waals surface area contributed by atoms with Crippen LogP contribution >= 0.6 is 0 Å². The number of nitrogens with two attached hydrogens (primary N) is 1. The molecule has 2 aromatic carbocycles. The first-order valence-corrected chi connectivity index (χ1v) is 7.04. The molecule has 0 aliphatic heterocycles. The Morgan fingerprint density at radius 1 is 1.09 bits per heavy atom. The fraction of sp³-hybridized carbons (Fsp3) is 0.176. The van der Waals surface area contributed by atoms with Crippen molar-refractivity contribution < 1.29 is 9.59 Å². The van der Waals surface area contributed by atoms with E-state index in [-0.39, 0.29) is 18.5 Å². The van der Waals surface area contributed by atoms with E-state index in [0.29, 0.717) is 11.3 Å². The van der Waals surface area contributed by atoms with Gasteiger partial charge in [-0.3, -0.25) is 9.59 Å². The smallest absolute Gasteiger partial charge is 0.248 e. The van der Waals surface area contributed by atoms with Crippen LogP contribution in [0.4, 0.5) is 5.69 Å². The summed E-state index contributed by atoms with van der Waals surface area (Å²) in [4.78, 5) is 23.0. The number of benzene rings is 2. The quantitative estimate of drug-likeness (QED) is 0.763. The van der Waals surface area contributed by atoms with Gasteiger partial charge in [0.15, 0.2) is 0 Å². The van der Waals surface area contributed by atoms with E-state index in [1.165, 1.54) is 0 Å². The van der Waals surface area contributed by atoms with E-state index in [2.05, 4.69) is 10.6 Å². The summed E-state index contributed by atoms with van der Waals surface area (Å²) in [6, 6.07) is 16.5. The van der Waals surface area contributed by atoms with Gasteiger partial charge in [-0.1, -0.05) is 36.4 Å². The van der Waals surface area contributed by atoms with Crippen molar-refractivity contribution in [3.63, 3.8) is 0 Å². The van der Waals surface area contributed by atoms with Gasteiger partial charge in [0.25, 0.3) is 0 Å². The Bertz CT molecular complexity index is 656. The van der Waals surface area contributed by atoms with E-state index in [9.17, 15) is 9.59 Å². The van der Waals surface area contributed by atoms with Gasteiger partial charge in [0, 0.05) is 17.3 Å². The number of hydrogen-bond donors (Lipinski definition) is 3. The summed E-state index contributed by atoms with van der Waals surface area (Å²) in [5, 5.41) is 5.89. The Labute approximate surface area is 129 Å². The second kappa shape index (κ2) is 7.38. The number of amides is 2. The van der Waals surface area contributed by atoms with Crippen LogP contribution in [0.5, 0.6) is 0 Å². The van der Waals surface area contributed by atoms with Gasteiger partial charge >= 0.3 is 0 Å². The lowest BCUT2D eigenvalue weighted by Gasteiger charge is -2.14. The maximum Gasteiger partial charge on any atom is 0.248 e. The van der Waals surface area contributed by atoms with Crippen LogP contribution in [-0.4, -0.2) is 18.4 Å². The molecule has 1 atom stereocenters. The number of carbonyl (C=O) groups is 2. The zero-order valence-electron chi connectivity index (χ0n) is 12.4. The summed E-state index contributed by atoms with van der Waals surface area (Å²) in [6.45, 7) is 2.17. The van der Waals surface area contributed by atoms with Crippen LogP contribution in [0.25, 0.3) is 0 Å². The fourth-order valence-corrected chi connectivity index (χ4v) is 2.06. The number of primary amides is 1. The van der Waals surface area contributed by atoms with E-state index in [0.717, 1.165) is 5.56 Å². The van der Waals surface area contributed by atoms with Crippen LogP contribution in [0, 0.1) is 0 Å². The zero-order chi connectivity index (χ0) is 15.9. The second-order valence-corrected chi connectivity index (χ2v) is 5.01. The van der Waals surface area contributed by atoms with Gasteiger partial charge in [0.1, 0.15) is 0 Å². The summed E-state index contributed by atoms with van der Waals surface area (Å²) >= 11 is 0. The Morgan fingerprint density at radius 2 is 1.82 bits per heavy atom. The first-order chi connectivity index (χ1) is 10.6. The van der Waals surface area contributed by atoms with Gasteiger partial charge in [-0.25, -0.2) is 0 Å². The van der Waals surface area contributed by atoms with Gasteiger partial charge in [-0.2, -0.15) is 0 Å². The van der Waals surface area contributed by atoms with Crippen LogP contribution in [0.1, 0.15) is 28.9 Å². The van der Waals surface area contributed by atoms with Gasteiger partial charge in [0.05, 0.1) is 6.54 Å². The maximum atomic E-state index is 11.9. The molecule has 0 spiro atoms. The van der Waals surface area contributed by atoms with Crippen molar-refractivity contribution in [2.24, 2.45) is 5.73 Å². The van der Waals surface area contributed by atoms with Gasteiger partial charge in [0.2, 0.25) is 11.8 Å². The third-order valence-corrected chi connectivity index (χ3v) is 3.30. The zero-order valence-corrected chi connectivity index (χ0v) is 12.4. The average molecular weight is 297 g/mol. The standard InChI is InChI=1S/C17H19N3O2/c1-12(13-6-3-2-4-7-13)19-11-16(21)20-15-9-5-8-14(10-15)17(18)22/h2-10,12,19H,11H2,1H3,(H2,18,22)(H,20,21). The van der Waals surface area contributed by atoms with Crippen molar-refractivity contribution in [2.75, 3.05) is 11.9 Å². The van der Waals surface area contributed by atoms with Crippen LogP contribution < -0.4 is 16.4 Å². The molecule has 5 heteroatoms. The average Bonchev–Trinajstić information content (AvgIpc) is 2.53. The van der Waals surface area contributed by atoms with Crippen LogP contribution in [0.2, 0.25) is 0 Å². The summed E-state index contributed by atoms with van der Waals surface area (Å²) < 4.78 is 0. The lowest BCUT2D eigenvalue weighted by Crippen LogP contribution is -2.30. The third kappa shape index (κ3) is 4.43. The molecule has 0 bridgehead atoms. The largest absolute Gasteiger partial charge is 0.366 e. The number of carbonyl (C=O) groups excluding carboxylic acids is 2. The molecule has 0 fully saturated rings. The van der Waals surface area contributed by atoms with E-state index in [1.807, 2.05) is 37.3 Å². The molecule has 114 valence electrons. The summed E-state index contributed by atoms with van der Waals surface area (Å²) in [5.41, 5.74) is 7.24. The van der Waals surface area contributed by atoms with Crippen molar-refractivity contribution in [3.05, 3.63) is 65.7 Å². The first-order valence-electron chi connectivity index (χ1n) is 7.04. The molecule has 0 aromatic heterocycles. The molecule has 5 nitrogen and oxygen atoms in total. The third-order valence-electron chi connectivity index (χ3n) is 3.30. The Morgan fingerprint density at radius 3 is 2.50 bits per heavy atom. The Kier molecular flexibility index (Phi) is 5.27.